The Morgan fingerprint density at radius 3 is 1.95 bits per heavy atom. The van der Waals surface area contributed by atoms with Crippen molar-refractivity contribution < 1.29 is 0 Å². The lowest BCUT2D eigenvalue weighted by Gasteiger charge is -2.28. The first kappa shape index (κ1) is 28.6. The number of hydrogen-bond donors (Lipinski definition) is 1. The van der Waals surface area contributed by atoms with Crippen molar-refractivity contribution in [1.29, 1.82) is 0 Å². The molecule has 5 nitrogen and oxygen atoms in total. The van der Waals surface area contributed by atoms with Gasteiger partial charge >= 0.3 is 0 Å². The molecule has 0 radical (unpaired) electrons. The molecule has 0 saturated carbocycles. The highest BCUT2D eigenvalue weighted by atomic mass is 15.5. The molecule has 4 aromatic carbocycles. The van der Waals surface area contributed by atoms with E-state index in [9.17, 15) is 0 Å². The summed E-state index contributed by atoms with van der Waals surface area (Å²) < 4.78 is 0. The molecule has 0 fully saturated rings. The highest BCUT2D eigenvalue weighted by molar-refractivity contribution is 6.12. The van der Waals surface area contributed by atoms with Crippen LogP contribution in [-0.2, 0) is 0 Å². The van der Waals surface area contributed by atoms with Crippen LogP contribution in [0.1, 0.15) is 51.8 Å². The number of fused-ring (bicyclic) bond motifs is 3. The molecule has 0 bridgehead atoms. The lowest BCUT2D eigenvalue weighted by Crippen LogP contribution is -2.24. The van der Waals surface area contributed by atoms with Crippen molar-refractivity contribution >= 4 is 50.7 Å². The van der Waals surface area contributed by atoms with E-state index in [0.717, 1.165) is 48.6 Å². The maximum Gasteiger partial charge on any atom is 0.0858 e. The van der Waals surface area contributed by atoms with Crippen LogP contribution in [0.3, 0.4) is 0 Å². The van der Waals surface area contributed by atoms with Gasteiger partial charge in [0.05, 0.1) is 23.0 Å². The van der Waals surface area contributed by atoms with Crippen molar-refractivity contribution in [3.63, 3.8) is 0 Å². The van der Waals surface area contributed by atoms with E-state index in [4.69, 9.17) is 5.10 Å². The molecule has 5 aromatic rings. The number of hydrogen-bond acceptors (Lipinski definition) is 4. The summed E-state index contributed by atoms with van der Waals surface area (Å²) in [6, 6.07) is 33.1. The largest absolute Gasteiger partial charge is 0.372 e. The first-order valence-electron chi connectivity index (χ1n) is 15.8. The summed E-state index contributed by atoms with van der Waals surface area (Å²) in [5, 5.41) is 10.0. The predicted octanol–water partition coefficient (Wildman–Crippen LogP) is 9.28. The van der Waals surface area contributed by atoms with E-state index in [1.54, 1.807) is 0 Å². The predicted molar refractivity (Wildman–Crippen MR) is 187 cm³/mol. The third-order valence-electron chi connectivity index (χ3n) is 9.02. The fourth-order valence-electron chi connectivity index (χ4n) is 6.56. The number of allylic oxidation sites excluding steroid dienone is 1. The van der Waals surface area contributed by atoms with Crippen LogP contribution in [0.2, 0.25) is 0 Å². The molecule has 2 atom stereocenters. The quantitative estimate of drug-likeness (QED) is 0.182. The van der Waals surface area contributed by atoms with Gasteiger partial charge in [-0.15, -0.1) is 0 Å². The van der Waals surface area contributed by atoms with E-state index in [2.05, 4.69) is 158 Å². The van der Waals surface area contributed by atoms with Gasteiger partial charge in [-0.05, 0) is 81.3 Å². The maximum atomic E-state index is 5.32. The molecule has 1 aromatic heterocycles. The SMILES string of the molecule is CCN(CC)c1ccc(C=CC2=NN(c3cccc4c3[nH]c3ccccc34)C(c3ccc(N(CC)CC)cc3)C2C)cc1. The van der Waals surface area contributed by atoms with E-state index >= 15 is 0 Å². The number of aromatic nitrogens is 1. The zero-order valence-electron chi connectivity index (χ0n) is 26.1. The second-order valence-electron chi connectivity index (χ2n) is 11.3. The minimum atomic E-state index is 0.0763. The van der Waals surface area contributed by atoms with Crippen molar-refractivity contribution in [2.75, 3.05) is 41.0 Å². The summed E-state index contributed by atoms with van der Waals surface area (Å²) >= 11 is 0. The molecule has 1 aliphatic rings. The minimum Gasteiger partial charge on any atom is -0.372 e. The third-order valence-corrected chi connectivity index (χ3v) is 9.02. The van der Waals surface area contributed by atoms with Crippen molar-refractivity contribution in [2.45, 2.75) is 40.7 Å². The number of rotatable bonds is 10. The molecular formula is C38H43N5. The monoisotopic (exact) mass is 569 g/mol. The molecule has 0 aliphatic carbocycles. The van der Waals surface area contributed by atoms with Crippen LogP contribution in [-0.4, -0.2) is 36.9 Å². The van der Waals surface area contributed by atoms with Gasteiger partial charge in [-0.25, -0.2) is 0 Å². The molecule has 5 heteroatoms. The van der Waals surface area contributed by atoms with Crippen LogP contribution in [0, 0.1) is 5.92 Å². The van der Waals surface area contributed by atoms with E-state index in [1.807, 2.05) is 0 Å². The number of anilines is 3. The van der Waals surface area contributed by atoms with Crippen LogP contribution < -0.4 is 14.8 Å². The lowest BCUT2D eigenvalue weighted by molar-refractivity contribution is 0.590. The molecule has 2 unspecified atom stereocenters. The van der Waals surface area contributed by atoms with Crippen LogP contribution in [0.4, 0.5) is 17.1 Å². The Hall–Kier alpha value is -4.51. The van der Waals surface area contributed by atoms with E-state index < -0.39 is 0 Å². The summed E-state index contributed by atoms with van der Waals surface area (Å²) in [5.41, 5.74) is 9.44. The average Bonchev–Trinajstić information content (AvgIpc) is 3.59. The second-order valence-corrected chi connectivity index (χ2v) is 11.3. The van der Waals surface area contributed by atoms with Gasteiger partial charge in [0.1, 0.15) is 0 Å². The molecule has 1 N–H and O–H groups in total. The van der Waals surface area contributed by atoms with Crippen molar-refractivity contribution in [3.8, 4) is 0 Å². The molecule has 2 heterocycles. The fourth-order valence-corrected chi connectivity index (χ4v) is 6.56. The second kappa shape index (κ2) is 12.4. The average molecular weight is 570 g/mol. The first-order chi connectivity index (χ1) is 21.1. The Labute approximate surface area is 256 Å². The maximum absolute atomic E-state index is 5.32. The molecule has 1 aliphatic heterocycles. The Morgan fingerprint density at radius 1 is 0.698 bits per heavy atom. The Morgan fingerprint density at radius 2 is 1.30 bits per heavy atom. The normalized spacial score (nSPS) is 16.9. The lowest BCUT2D eigenvalue weighted by atomic mass is 9.90. The number of nitrogens with zero attached hydrogens (tertiary/aromatic N) is 4. The van der Waals surface area contributed by atoms with Gasteiger partial charge in [-0.2, -0.15) is 5.10 Å². The summed E-state index contributed by atoms with van der Waals surface area (Å²) in [7, 11) is 0. The van der Waals surface area contributed by atoms with Crippen LogP contribution in [0.5, 0.6) is 0 Å². The van der Waals surface area contributed by atoms with Gasteiger partial charge in [-0.3, -0.25) is 5.01 Å². The van der Waals surface area contributed by atoms with Gasteiger partial charge in [-0.1, -0.05) is 67.6 Å². The smallest absolute Gasteiger partial charge is 0.0858 e. The number of nitrogens with one attached hydrogen (secondary N) is 1. The van der Waals surface area contributed by atoms with Crippen LogP contribution in [0.15, 0.2) is 102 Å². The molecule has 6 rings (SSSR count). The summed E-state index contributed by atoms with van der Waals surface area (Å²) in [6.45, 7) is 15.1. The summed E-state index contributed by atoms with van der Waals surface area (Å²) in [6.07, 6.45) is 4.41. The molecular weight excluding hydrogens is 526 g/mol. The number of benzene rings is 4. The molecule has 0 spiro atoms. The van der Waals surface area contributed by atoms with Gasteiger partial charge in [0, 0.05) is 59.8 Å². The van der Waals surface area contributed by atoms with E-state index in [0.29, 0.717) is 0 Å². The van der Waals surface area contributed by atoms with Crippen LogP contribution >= 0.6 is 0 Å². The number of H-pyrrole nitrogens is 1. The van der Waals surface area contributed by atoms with Crippen molar-refractivity contribution in [2.24, 2.45) is 11.0 Å². The summed E-state index contributed by atoms with van der Waals surface area (Å²) in [5.74, 6) is 0.199. The van der Waals surface area contributed by atoms with Gasteiger partial charge in [0.2, 0.25) is 0 Å². The number of hydrazone groups is 1. The van der Waals surface area contributed by atoms with Crippen molar-refractivity contribution in [1.82, 2.24) is 4.98 Å². The Balaban J connectivity index is 1.39. The number of para-hydroxylation sites is 2. The summed E-state index contributed by atoms with van der Waals surface area (Å²) in [4.78, 5) is 8.47. The molecule has 0 saturated heterocycles. The van der Waals surface area contributed by atoms with Gasteiger partial charge in [0.15, 0.2) is 0 Å². The highest BCUT2D eigenvalue weighted by Gasteiger charge is 2.36. The standard InChI is InChI=1S/C38H43N5/c1-6-41(7-2)30-22-17-28(18-23-30)19-26-34-27(5)38(29-20-24-31(25-21-29)42(8-3)9-4)43(40-34)36-16-12-14-33-32-13-10-11-15-35(32)39-37(33)36/h10-27,38-39H,6-9H2,1-5H3. The number of aromatic amines is 1. The van der Waals surface area contributed by atoms with E-state index in [1.165, 1.54) is 33.3 Å². The molecule has 0 amide bonds. The Bertz CT molecular complexity index is 1740. The van der Waals surface area contributed by atoms with E-state index in [-0.39, 0.29) is 12.0 Å². The Kier molecular flexibility index (Phi) is 8.24. The zero-order valence-corrected chi connectivity index (χ0v) is 26.1. The topological polar surface area (TPSA) is 37.9 Å². The third kappa shape index (κ3) is 5.40. The molecule has 220 valence electrons. The van der Waals surface area contributed by atoms with Crippen molar-refractivity contribution in [3.05, 3.63) is 108 Å². The minimum absolute atomic E-state index is 0.0763. The fraction of sp³-hybridized carbons (Fsp3) is 0.289. The highest BCUT2D eigenvalue weighted by Crippen LogP contribution is 2.43. The van der Waals surface area contributed by atoms with Gasteiger partial charge < -0.3 is 14.8 Å². The van der Waals surface area contributed by atoms with Gasteiger partial charge in [0.25, 0.3) is 0 Å². The van der Waals surface area contributed by atoms with Crippen LogP contribution in [0.25, 0.3) is 27.9 Å². The first-order valence-corrected chi connectivity index (χ1v) is 15.8. The molecule has 43 heavy (non-hydrogen) atoms. The zero-order chi connectivity index (χ0) is 29.9.